The number of benzene rings is 2. The van der Waals surface area contributed by atoms with Crippen molar-refractivity contribution in [1.82, 2.24) is 14.8 Å². The number of hydrogen-bond donors (Lipinski definition) is 0. The van der Waals surface area contributed by atoms with Crippen molar-refractivity contribution in [3.05, 3.63) is 101 Å². The molecule has 1 aliphatic heterocycles. The number of aryl methyl sites for hydroxylation is 1. The minimum atomic E-state index is 0.132. The van der Waals surface area contributed by atoms with E-state index in [1.807, 2.05) is 36.4 Å². The average Bonchev–Trinajstić information content (AvgIpc) is 2.99. The first-order valence-corrected chi connectivity index (χ1v) is 15.1. The van der Waals surface area contributed by atoms with Gasteiger partial charge in [0, 0.05) is 54.8 Å². The lowest BCUT2D eigenvalue weighted by atomic mass is 9.99. The molecule has 4 heteroatoms. The third-order valence-electron chi connectivity index (χ3n) is 7.84. The fourth-order valence-electron chi connectivity index (χ4n) is 5.35. The van der Waals surface area contributed by atoms with E-state index in [0.29, 0.717) is 12.5 Å². The number of likely N-dealkylation sites (tertiary alicyclic amines) is 1. The summed E-state index contributed by atoms with van der Waals surface area (Å²) in [6.07, 6.45) is 11.5. The van der Waals surface area contributed by atoms with Gasteiger partial charge in [-0.3, -0.25) is 9.78 Å². The number of aromatic nitrogens is 1. The summed E-state index contributed by atoms with van der Waals surface area (Å²) in [4.78, 5) is 22.8. The molecule has 0 atom stereocenters. The molecule has 1 aromatic heterocycles. The first kappa shape index (κ1) is 29.6. The second-order valence-corrected chi connectivity index (χ2v) is 11.5. The van der Waals surface area contributed by atoms with Gasteiger partial charge < -0.3 is 9.80 Å². The van der Waals surface area contributed by atoms with Crippen molar-refractivity contribution >= 4 is 5.91 Å². The molecule has 4 rings (SSSR count). The topological polar surface area (TPSA) is 36.4 Å². The Balaban J connectivity index is 1.50. The summed E-state index contributed by atoms with van der Waals surface area (Å²) in [5, 5.41) is 0. The molecule has 1 aliphatic rings. The van der Waals surface area contributed by atoms with Gasteiger partial charge in [-0.05, 0) is 92.1 Å². The highest BCUT2D eigenvalue weighted by atomic mass is 16.2. The normalized spacial score (nSPS) is 14.1. The maximum Gasteiger partial charge on any atom is 0.254 e. The molecule has 1 saturated heterocycles. The summed E-state index contributed by atoms with van der Waals surface area (Å²) < 4.78 is 0. The van der Waals surface area contributed by atoms with E-state index < -0.39 is 0 Å². The van der Waals surface area contributed by atoms with Crippen molar-refractivity contribution < 1.29 is 4.79 Å². The minimum Gasteiger partial charge on any atom is -0.331 e. The molecule has 0 saturated carbocycles. The van der Waals surface area contributed by atoms with Gasteiger partial charge in [0.1, 0.15) is 0 Å². The third-order valence-corrected chi connectivity index (χ3v) is 7.84. The minimum absolute atomic E-state index is 0.132. The molecule has 0 N–H and O–H groups in total. The number of carbonyl (C=O) groups is 1. The fourth-order valence-corrected chi connectivity index (χ4v) is 5.35. The second kappa shape index (κ2) is 15.4. The number of pyridine rings is 1. The molecule has 4 nitrogen and oxygen atoms in total. The van der Waals surface area contributed by atoms with Crippen molar-refractivity contribution in [2.24, 2.45) is 5.92 Å². The predicted octanol–water partition coefficient (Wildman–Crippen LogP) is 7.37. The molecular formula is C36H45N3O. The summed E-state index contributed by atoms with van der Waals surface area (Å²) in [7, 11) is 0. The van der Waals surface area contributed by atoms with Crippen LogP contribution in [0.3, 0.4) is 0 Å². The number of unbranched alkanes of at least 4 members (excludes halogenated alkanes) is 2. The predicted molar refractivity (Wildman–Crippen MR) is 165 cm³/mol. The standard InChI is InChI=1S/C36H45N3O/c1-4-5-6-9-30-15-17-34(18-16-30)36(40)39(35-20-24-38(25-21-35)23-19-29(2)3)28-33-11-7-10-31(26-33)13-14-32-12-8-22-37-27-32/h7-8,10-12,15-18,22,26-27,29,35H,4-6,9,19-21,23-25,28H2,1-3H3. The summed E-state index contributed by atoms with van der Waals surface area (Å²) in [6.45, 7) is 10.6. The number of rotatable bonds is 11. The van der Waals surface area contributed by atoms with E-state index in [0.717, 1.165) is 61.2 Å². The Bertz CT molecular complexity index is 1250. The fraction of sp³-hybridized carbons (Fsp3) is 0.444. The van der Waals surface area contributed by atoms with Gasteiger partial charge in [0.25, 0.3) is 5.91 Å². The van der Waals surface area contributed by atoms with Gasteiger partial charge in [-0.1, -0.05) is 69.7 Å². The maximum absolute atomic E-state index is 14.0. The van der Waals surface area contributed by atoms with Gasteiger partial charge >= 0.3 is 0 Å². The van der Waals surface area contributed by atoms with Crippen molar-refractivity contribution in [2.75, 3.05) is 19.6 Å². The van der Waals surface area contributed by atoms with Crippen LogP contribution in [-0.2, 0) is 13.0 Å². The van der Waals surface area contributed by atoms with E-state index in [9.17, 15) is 4.79 Å². The molecule has 1 fully saturated rings. The van der Waals surface area contributed by atoms with Crippen LogP contribution in [0, 0.1) is 17.8 Å². The lowest BCUT2D eigenvalue weighted by molar-refractivity contribution is 0.0546. The Labute approximate surface area is 241 Å². The number of piperidine rings is 1. The zero-order valence-corrected chi connectivity index (χ0v) is 24.6. The van der Waals surface area contributed by atoms with Crippen LogP contribution in [0.25, 0.3) is 0 Å². The van der Waals surface area contributed by atoms with Crippen molar-refractivity contribution in [3.63, 3.8) is 0 Å². The Morgan fingerprint density at radius 3 is 2.42 bits per heavy atom. The highest BCUT2D eigenvalue weighted by molar-refractivity contribution is 5.94. The van der Waals surface area contributed by atoms with Crippen LogP contribution in [0.15, 0.2) is 73.1 Å². The van der Waals surface area contributed by atoms with Crippen LogP contribution in [0.5, 0.6) is 0 Å². The number of carbonyl (C=O) groups excluding carboxylic acids is 1. The lowest BCUT2D eigenvalue weighted by Crippen LogP contribution is -2.47. The summed E-state index contributed by atoms with van der Waals surface area (Å²) in [5.74, 6) is 7.32. The van der Waals surface area contributed by atoms with Crippen molar-refractivity contribution in [3.8, 4) is 11.8 Å². The quantitative estimate of drug-likeness (QED) is 0.190. The Morgan fingerprint density at radius 2 is 1.73 bits per heavy atom. The van der Waals surface area contributed by atoms with Gasteiger partial charge in [0.15, 0.2) is 0 Å². The van der Waals surface area contributed by atoms with E-state index in [4.69, 9.17) is 0 Å². The molecule has 0 bridgehead atoms. The first-order valence-electron chi connectivity index (χ1n) is 15.1. The molecule has 0 radical (unpaired) electrons. The number of hydrogen-bond acceptors (Lipinski definition) is 3. The van der Waals surface area contributed by atoms with Gasteiger partial charge in [0.05, 0.1) is 0 Å². The largest absolute Gasteiger partial charge is 0.331 e. The monoisotopic (exact) mass is 535 g/mol. The molecule has 0 spiro atoms. The molecule has 3 aromatic rings. The molecule has 210 valence electrons. The highest BCUT2D eigenvalue weighted by Gasteiger charge is 2.29. The molecule has 0 aliphatic carbocycles. The molecular weight excluding hydrogens is 490 g/mol. The Kier molecular flexibility index (Phi) is 11.4. The van der Waals surface area contributed by atoms with Crippen LogP contribution in [0.2, 0.25) is 0 Å². The third kappa shape index (κ3) is 9.07. The lowest BCUT2D eigenvalue weighted by Gasteiger charge is -2.39. The second-order valence-electron chi connectivity index (χ2n) is 11.5. The molecule has 2 heterocycles. The van der Waals surface area contributed by atoms with E-state index >= 15 is 0 Å². The smallest absolute Gasteiger partial charge is 0.254 e. The van der Waals surface area contributed by atoms with Crippen LogP contribution < -0.4 is 0 Å². The van der Waals surface area contributed by atoms with E-state index in [2.05, 4.69) is 71.7 Å². The molecule has 1 amide bonds. The zero-order valence-electron chi connectivity index (χ0n) is 24.6. The highest BCUT2D eigenvalue weighted by Crippen LogP contribution is 2.23. The maximum atomic E-state index is 14.0. The van der Waals surface area contributed by atoms with Crippen LogP contribution in [-0.4, -0.2) is 46.4 Å². The van der Waals surface area contributed by atoms with Gasteiger partial charge in [-0.25, -0.2) is 0 Å². The molecule has 0 unspecified atom stereocenters. The van der Waals surface area contributed by atoms with Crippen molar-refractivity contribution in [1.29, 1.82) is 0 Å². The van der Waals surface area contributed by atoms with Gasteiger partial charge in [0.2, 0.25) is 0 Å². The average molecular weight is 536 g/mol. The number of amides is 1. The zero-order chi connectivity index (χ0) is 28.2. The Morgan fingerprint density at radius 1 is 0.975 bits per heavy atom. The van der Waals surface area contributed by atoms with Crippen LogP contribution in [0.1, 0.15) is 91.9 Å². The van der Waals surface area contributed by atoms with E-state index in [1.54, 1.807) is 12.4 Å². The van der Waals surface area contributed by atoms with E-state index in [-0.39, 0.29) is 11.9 Å². The van der Waals surface area contributed by atoms with Gasteiger partial charge in [-0.15, -0.1) is 0 Å². The van der Waals surface area contributed by atoms with Crippen LogP contribution in [0.4, 0.5) is 0 Å². The van der Waals surface area contributed by atoms with E-state index in [1.165, 1.54) is 31.2 Å². The first-order chi connectivity index (χ1) is 19.5. The number of nitrogens with zero attached hydrogens (tertiary/aromatic N) is 3. The summed E-state index contributed by atoms with van der Waals surface area (Å²) in [6, 6.07) is 20.8. The van der Waals surface area contributed by atoms with Crippen LogP contribution >= 0.6 is 0 Å². The Hall–Kier alpha value is -3.42. The SMILES string of the molecule is CCCCCc1ccc(C(=O)N(Cc2cccc(C#Cc3cccnc3)c2)C2CCN(CCC(C)C)CC2)cc1. The molecule has 2 aromatic carbocycles. The van der Waals surface area contributed by atoms with Crippen molar-refractivity contribution in [2.45, 2.75) is 78.3 Å². The summed E-state index contributed by atoms with van der Waals surface area (Å²) >= 11 is 0. The summed E-state index contributed by atoms with van der Waals surface area (Å²) in [5.41, 5.74) is 5.06. The van der Waals surface area contributed by atoms with Gasteiger partial charge in [-0.2, -0.15) is 0 Å². The molecule has 40 heavy (non-hydrogen) atoms.